The normalized spacial score (nSPS) is 15.1. The fourth-order valence-corrected chi connectivity index (χ4v) is 0.240. The SMILES string of the molecule is C=CC(C)(CO)OO[N+](=O)[O-]. The van der Waals surface area contributed by atoms with E-state index in [1.54, 1.807) is 0 Å². The van der Waals surface area contributed by atoms with Gasteiger partial charge in [0.2, 0.25) is 0 Å². The lowest BCUT2D eigenvalue weighted by molar-refractivity contribution is -0.858. The maximum absolute atomic E-state index is 9.62. The minimum absolute atomic E-state index is 0.440. The first-order valence-electron chi connectivity index (χ1n) is 2.79. The average molecular weight is 163 g/mol. The van der Waals surface area contributed by atoms with Gasteiger partial charge in [-0.2, -0.15) is 4.89 Å². The molecule has 1 atom stereocenters. The summed E-state index contributed by atoms with van der Waals surface area (Å²) in [5, 5.41) is 17.1. The van der Waals surface area contributed by atoms with Gasteiger partial charge in [-0.25, -0.2) is 0 Å². The van der Waals surface area contributed by atoms with E-state index in [-0.39, 0.29) is 0 Å². The molecule has 0 radical (unpaired) electrons. The first-order valence-corrected chi connectivity index (χ1v) is 2.79. The molecule has 0 fully saturated rings. The van der Waals surface area contributed by atoms with Crippen molar-refractivity contribution in [1.29, 1.82) is 0 Å². The molecular formula is C5H9NO5. The van der Waals surface area contributed by atoms with Gasteiger partial charge in [0, 0.05) is 0 Å². The van der Waals surface area contributed by atoms with Crippen molar-refractivity contribution >= 4 is 0 Å². The Hall–Kier alpha value is -1.14. The highest BCUT2D eigenvalue weighted by molar-refractivity contribution is 4.91. The summed E-state index contributed by atoms with van der Waals surface area (Å²) in [7, 11) is 0. The Morgan fingerprint density at radius 3 is 2.73 bits per heavy atom. The van der Waals surface area contributed by atoms with Crippen LogP contribution in [0.3, 0.4) is 0 Å². The second-order valence-corrected chi connectivity index (χ2v) is 2.06. The van der Waals surface area contributed by atoms with Gasteiger partial charge in [0.05, 0.1) is 6.61 Å². The number of aliphatic hydroxyl groups is 1. The Labute approximate surface area is 63.1 Å². The zero-order valence-corrected chi connectivity index (χ0v) is 6.02. The first-order chi connectivity index (χ1) is 5.04. The highest BCUT2D eigenvalue weighted by Gasteiger charge is 2.22. The summed E-state index contributed by atoms with van der Waals surface area (Å²) in [5.74, 6) is 0. The first kappa shape index (κ1) is 9.86. The average Bonchev–Trinajstić information content (AvgIpc) is 2.00. The van der Waals surface area contributed by atoms with Crippen LogP contribution in [0.1, 0.15) is 6.92 Å². The molecule has 0 heterocycles. The predicted molar refractivity (Wildman–Crippen MR) is 34.9 cm³/mol. The van der Waals surface area contributed by atoms with Gasteiger partial charge in [-0.15, -0.1) is 21.7 Å². The largest absolute Gasteiger partial charge is 0.393 e. The monoisotopic (exact) mass is 163 g/mol. The topological polar surface area (TPSA) is 81.8 Å². The number of nitrogens with zero attached hydrogens (tertiary/aromatic N) is 1. The number of rotatable bonds is 5. The van der Waals surface area contributed by atoms with Crippen molar-refractivity contribution < 1.29 is 20.1 Å². The molecule has 0 aromatic rings. The lowest BCUT2D eigenvalue weighted by Gasteiger charge is -2.19. The van der Waals surface area contributed by atoms with Crippen molar-refractivity contribution in [2.75, 3.05) is 6.61 Å². The lowest BCUT2D eigenvalue weighted by atomic mass is 10.1. The van der Waals surface area contributed by atoms with Gasteiger partial charge in [-0.05, 0) is 6.92 Å². The van der Waals surface area contributed by atoms with Gasteiger partial charge in [0.25, 0.3) is 0 Å². The van der Waals surface area contributed by atoms with Crippen LogP contribution in [0.15, 0.2) is 12.7 Å². The van der Waals surface area contributed by atoms with Crippen LogP contribution >= 0.6 is 0 Å². The Morgan fingerprint density at radius 1 is 1.91 bits per heavy atom. The number of hydrogen-bond acceptors (Lipinski definition) is 5. The Morgan fingerprint density at radius 2 is 2.45 bits per heavy atom. The zero-order chi connectivity index (χ0) is 8.91. The zero-order valence-electron chi connectivity index (χ0n) is 6.02. The van der Waals surface area contributed by atoms with E-state index >= 15 is 0 Å². The standard InChI is InChI=1S/C5H9NO5/c1-3-5(2,4-7)10-11-6(8)9/h3,7H,1,4H2,2H3. The van der Waals surface area contributed by atoms with Gasteiger partial charge in [0.1, 0.15) is 5.60 Å². The van der Waals surface area contributed by atoms with Gasteiger partial charge >= 0.3 is 5.09 Å². The highest BCUT2D eigenvalue weighted by Crippen LogP contribution is 2.10. The fraction of sp³-hybridized carbons (Fsp3) is 0.600. The summed E-state index contributed by atoms with van der Waals surface area (Å²) >= 11 is 0. The molecule has 0 aromatic carbocycles. The Bertz CT molecular complexity index is 159. The van der Waals surface area contributed by atoms with Gasteiger partial charge in [-0.1, -0.05) is 6.08 Å². The van der Waals surface area contributed by atoms with E-state index in [1.807, 2.05) is 0 Å². The maximum atomic E-state index is 9.62. The van der Waals surface area contributed by atoms with Crippen LogP contribution in [0.25, 0.3) is 0 Å². The molecule has 64 valence electrons. The molecule has 1 unspecified atom stereocenters. The van der Waals surface area contributed by atoms with Crippen LogP contribution in [-0.2, 0) is 9.88 Å². The molecule has 0 rings (SSSR count). The molecular weight excluding hydrogens is 154 g/mol. The molecule has 0 bridgehead atoms. The van der Waals surface area contributed by atoms with E-state index in [4.69, 9.17) is 5.11 Å². The van der Waals surface area contributed by atoms with Crippen molar-refractivity contribution in [1.82, 2.24) is 0 Å². The van der Waals surface area contributed by atoms with Gasteiger partial charge in [-0.3, -0.25) is 0 Å². The Kier molecular flexibility index (Phi) is 3.49. The van der Waals surface area contributed by atoms with Crippen molar-refractivity contribution in [2.45, 2.75) is 12.5 Å². The molecule has 0 aromatic heterocycles. The van der Waals surface area contributed by atoms with Crippen molar-refractivity contribution in [3.05, 3.63) is 22.8 Å². The van der Waals surface area contributed by atoms with E-state index < -0.39 is 17.3 Å². The molecule has 0 aliphatic heterocycles. The van der Waals surface area contributed by atoms with E-state index in [9.17, 15) is 10.1 Å². The molecule has 0 aliphatic carbocycles. The van der Waals surface area contributed by atoms with Crippen LogP contribution in [0.4, 0.5) is 0 Å². The summed E-state index contributed by atoms with van der Waals surface area (Å²) in [5.41, 5.74) is -1.23. The van der Waals surface area contributed by atoms with Crippen molar-refractivity contribution in [3.63, 3.8) is 0 Å². The molecule has 0 amide bonds. The van der Waals surface area contributed by atoms with E-state index in [1.165, 1.54) is 13.0 Å². The highest BCUT2D eigenvalue weighted by atomic mass is 17.3. The second-order valence-electron chi connectivity index (χ2n) is 2.06. The van der Waals surface area contributed by atoms with E-state index in [2.05, 4.69) is 16.5 Å². The molecule has 1 N–H and O–H groups in total. The predicted octanol–water partition coefficient (Wildman–Crippen LogP) is 0.0633. The quantitative estimate of drug-likeness (QED) is 0.268. The number of hydrogen-bond donors (Lipinski definition) is 1. The molecule has 0 aliphatic rings. The van der Waals surface area contributed by atoms with Crippen LogP contribution < -0.4 is 0 Å². The lowest BCUT2D eigenvalue weighted by Crippen LogP contribution is -2.31. The van der Waals surface area contributed by atoms with E-state index in [0.29, 0.717) is 0 Å². The van der Waals surface area contributed by atoms with Gasteiger partial charge in [0.15, 0.2) is 0 Å². The molecule has 0 saturated heterocycles. The third kappa shape index (κ3) is 3.54. The molecule has 0 spiro atoms. The fourth-order valence-electron chi connectivity index (χ4n) is 0.240. The van der Waals surface area contributed by atoms with Crippen LogP contribution in [0, 0.1) is 10.1 Å². The summed E-state index contributed by atoms with van der Waals surface area (Å²) < 4.78 is 0. The second kappa shape index (κ2) is 3.89. The summed E-state index contributed by atoms with van der Waals surface area (Å²) in [6.45, 7) is 4.25. The molecule has 6 heteroatoms. The summed E-state index contributed by atoms with van der Waals surface area (Å²) in [6, 6.07) is 0. The maximum Gasteiger partial charge on any atom is 0.322 e. The van der Waals surface area contributed by atoms with Crippen LogP contribution in [-0.4, -0.2) is 22.4 Å². The smallest absolute Gasteiger partial charge is 0.322 e. The molecule has 11 heavy (non-hydrogen) atoms. The minimum atomic E-state index is -1.23. The molecule has 6 nitrogen and oxygen atoms in total. The minimum Gasteiger partial charge on any atom is -0.393 e. The van der Waals surface area contributed by atoms with E-state index in [0.717, 1.165) is 0 Å². The Balaban J connectivity index is 3.87. The van der Waals surface area contributed by atoms with Crippen LogP contribution in [0.5, 0.6) is 0 Å². The number of aliphatic hydroxyl groups excluding tert-OH is 1. The third-order valence-electron chi connectivity index (χ3n) is 1.03. The molecule has 0 saturated carbocycles. The van der Waals surface area contributed by atoms with Crippen LogP contribution in [0.2, 0.25) is 0 Å². The third-order valence-corrected chi connectivity index (χ3v) is 1.03. The summed E-state index contributed by atoms with van der Waals surface area (Å²) in [4.78, 5) is 17.4. The summed E-state index contributed by atoms with van der Waals surface area (Å²) in [6.07, 6.45) is 1.20. The van der Waals surface area contributed by atoms with Crippen molar-refractivity contribution in [3.8, 4) is 0 Å². The van der Waals surface area contributed by atoms with Gasteiger partial charge < -0.3 is 5.11 Å². The van der Waals surface area contributed by atoms with Crippen molar-refractivity contribution in [2.24, 2.45) is 0 Å².